The SMILES string of the molecule is Cc1ccc(OCC(=O)NCCNc2ccc([N+](=O)[O-])cc2)cc1. The van der Waals surface area contributed by atoms with E-state index in [1.807, 2.05) is 31.2 Å². The maximum atomic E-state index is 11.7. The number of nitrogens with one attached hydrogen (secondary N) is 2. The minimum absolute atomic E-state index is 0.0411. The number of ether oxygens (including phenoxy) is 1. The predicted octanol–water partition coefficient (Wildman–Crippen LogP) is 2.51. The minimum atomic E-state index is -0.446. The largest absolute Gasteiger partial charge is 0.484 e. The van der Waals surface area contributed by atoms with E-state index in [9.17, 15) is 14.9 Å². The van der Waals surface area contributed by atoms with E-state index in [1.165, 1.54) is 12.1 Å². The van der Waals surface area contributed by atoms with E-state index in [1.54, 1.807) is 12.1 Å². The quantitative estimate of drug-likeness (QED) is 0.441. The van der Waals surface area contributed by atoms with Crippen LogP contribution in [0, 0.1) is 17.0 Å². The first kappa shape index (κ1) is 17.3. The average molecular weight is 329 g/mol. The highest BCUT2D eigenvalue weighted by Gasteiger charge is 2.04. The fraction of sp³-hybridized carbons (Fsp3) is 0.235. The second-order valence-corrected chi connectivity index (χ2v) is 5.18. The van der Waals surface area contributed by atoms with Crippen molar-refractivity contribution in [3.05, 3.63) is 64.2 Å². The number of benzene rings is 2. The number of rotatable bonds is 8. The first-order valence-corrected chi connectivity index (χ1v) is 7.49. The van der Waals surface area contributed by atoms with E-state index in [-0.39, 0.29) is 18.2 Å². The highest BCUT2D eigenvalue weighted by atomic mass is 16.6. The van der Waals surface area contributed by atoms with E-state index >= 15 is 0 Å². The van der Waals surface area contributed by atoms with Crippen molar-refractivity contribution in [1.82, 2.24) is 5.32 Å². The third kappa shape index (κ3) is 5.60. The first-order chi connectivity index (χ1) is 11.5. The van der Waals surface area contributed by atoms with Crippen LogP contribution >= 0.6 is 0 Å². The van der Waals surface area contributed by atoms with Gasteiger partial charge in [0.05, 0.1) is 4.92 Å². The van der Waals surface area contributed by atoms with Gasteiger partial charge >= 0.3 is 0 Å². The van der Waals surface area contributed by atoms with Gasteiger partial charge in [0.2, 0.25) is 0 Å². The van der Waals surface area contributed by atoms with E-state index in [2.05, 4.69) is 10.6 Å². The van der Waals surface area contributed by atoms with Gasteiger partial charge in [0.25, 0.3) is 11.6 Å². The van der Waals surface area contributed by atoms with Gasteiger partial charge in [0, 0.05) is 30.9 Å². The number of nitro benzene ring substituents is 1. The number of carbonyl (C=O) groups is 1. The normalized spacial score (nSPS) is 10.0. The Morgan fingerprint density at radius 2 is 1.75 bits per heavy atom. The van der Waals surface area contributed by atoms with Gasteiger partial charge in [-0.3, -0.25) is 14.9 Å². The topological polar surface area (TPSA) is 93.5 Å². The molecule has 7 heteroatoms. The number of non-ortho nitro benzene ring substituents is 1. The number of aryl methyl sites for hydroxylation is 1. The molecule has 0 aliphatic heterocycles. The molecule has 0 aromatic heterocycles. The zero-order chi connectivity index (χ0) is 17.4. The summed E-state index contributed by atoms with van der Waals surface area (Å²) in [5.41, 5.74) is 1.93. The fourth-order valence-electron chi connectivity index (χ4n) is 1.94. The van der Waals surface area contributed by atoms with Crippen LogP contribution in [0.15, 0.2) is 48.5 Å². The lowest BCUT2D eigenvalue weighted by molar-refractivity contribution is -0.384. The third-order valence-electron chi connectivity index (χ3n) is 3.25. The molecular formula is C17H19N3O4. The fourth-order valence-corrected chi connectivity index (χ4v) is 1.94. The highest BCUT2D eigenvalue weighted by Crippen LogP contribution is 2.15. The summed E-state index contributed by atoms with van der Waals surface area (Å²) in [5, 5.41) is 16.4. The van der Waals surface area contributed by atoms with Crippen molar-refractivity contribution >= 4 is 17.3 Å². The Bertz CT molecular complexity index is 684. The van der Waals surface area contributed by atoms with Crippen LogP contribution in [0.3, 0.4) is 0 Å². The van der Waals surface area contributed by atoms with Crippen molar-refractivity contribution in [2.24, 2.45) is 0 Å². The molecule has 0 bridgehead atoms. The second-order valence-electron chi connectivity index (χ2n) is 5.18. The Balaban J connectivity index is 1.63. The van der Waals surface area contributed by atoms with Gasteiger partial charge in [0.1, 0.15) is 5.75 Å². The lowest BCUT2D eigenvalue weighted by atomic mass is 10.2. The van der Waals surface area contributed by atoms with Crippen molar-refractivity contribution in [3.8, 4) is 5.75 Å². The Morgan fingerprint density at radius 3 is 2.38 bits per heavy atom. The van der Waals surface area contributed by atoms with Crippen molar-refractivity contribution in [2.45, 2.75) is 6.92 Å². The van der Waals surface area contributed by atoms with E-state index in [0.29, 0.717) is 18.8 Å². The molecule has 2 N–H and O–H groups in total. The van der Waals surface area contributed by atoms with E-state index < -0.39 is 4.92 Å². The molecule has 24 heavy (non-hydrogen) atoms. The molecule has 0 heterocycles. The summed E-state index contributed by atoms with van der Waals surface area (Å²) in [4.78, 5) is 21.8. The molecule has 7 nitrogen and oxygen atoms in total. The summed E-state index contributed by atoms with van der Waals surface area (Å²) in [5.74, 6) is 0.445. The van der Waals surface area contributed by atoms with Crippen molar-refractivity contribution in [1.29, 1.82) is 0 Å². The summed E-state index contributed by atoms with van der Waals surface area (Å²) in [6.07, 6.45) is 0. The smallest absolute Gasteiger partial charge is 0.269 e. The van der Waals surface area contributed by atoms with Crippen molar-refractivity contribution in [2.75, 3.05) is 25.0 Å². The van der Waals surface area contributed by atoms with Gasteiger partial charge in [0.15, 0.2) is 6.61 Å². The van der Waals surface area contributed by atoms with Crippen LogP contribution in [0.5, 0.6) is 5.75 Å². The van der Waals surface area contributed by atoms with Crippen LogP contribution in [0.2, 0.25) is 0 Å². The molecule has 0 saturated carbocycles. The zero-order valence-electron chi connectivity index (χ0n) is 13.3. The Labute approximate surface area is 139 Å². The number of anilines is 1. The average Bonchev–Trinajstić information content (AvgIpc) is 2.58. The molecule has 0 saturated heterocycles. The molecule has 0 unspecified atom stereocenters. The molecule has 0 radical (unpaired) electrons. The Hall–Kier alpha value is -3.09. The van der Waals surface area contributed by atoms with Gasteiger partial charge in [-0.25, -0.2) is 0 Å². The molecule has 0 atom stereocenters. The first-order valence-electron chi connectivity index (χ1n) is 7.49. The summed E-state index contributed by atoms with van der Waals surface area (Å²) in [7, 11) is 0. The molecule has 1 amide bonds. The maximum absolute atomic E-state index is 11.7. The monoisotopic (exact) mass is 329 g/mol. The van der Waals surface area contributed by atoms with Crippen molar-refractivity contribution in [3.63, 3.8) is 0 Å². The Kier molecular flexibility index (Phi) is 6.13. The lowest BCUT2D eigenvalue weighted by Gasteiger charge is -2.09. The van der Waals surface area contributed by atoms with Gasteiger partial charge in [-0.15, -0.1) is 0 Å². The molecule has 0 fully saturated rings. The maximum Gasteiger partial charge on any atom is 0.269 e. The van der Waals surface area contributed by atoms with Gasteiger partial charge < -0.3 is 15.4 Å². The number of carbonyl (C=O) groups excluding carboxylic acids is 1. The van der Waals surface area contributed by atoms with Crippen LogP contribution in [0.1, 0.15) is 5.56 Å². The van der Waals surface area contributed by atoms with Gasteiger partial charge in [-0.2, -0.15) is 0 Å². The third-order valence-corrected chi connectivity index (χ3v) is 3.25. The number of amides is 1. The second kappa shape index (κ2) is 8.52. The summed E-state index contributed by atoms with van der Waals surface area (Å²) in [6, 6.07) is 13.6. The predicted molar refractivity (Wildman–Crippen MR) is 91.3 cm³/mol. The molecule has 0 aliphatic rings. The molecule has 2 aromatic rings. The number of hydrogen-bond acceptors (Lipinski definition) is 5. The zero-order valence-corrected chi connectivity index (χ0v) is 13.3. The van der Waals surface area contributed by atoms with Crippen LogP contribution in [-0.2, 0) is 4.79 Å². The lowest BCUT2D eigenvalue weighted by Crippen LogP contribution is -2.32. The molecular weight excluding hydrogens is 310 g/mol. The number of hydrogen-bond donors (Lipinski definition) is 2. The Morgan fingerprint density at radius 1 is 1.08 bits per heavy atom. The highest BCUT2D eigenvalue weighted by molar-refractivity contribution is 5.77. The molecule has 0 spiro atoms. The van der Waals surface area contributed by atoms with E-state index in [0.717, 1.165) is 11.3 Å². The van der Waals surface area contributed by atoms with Crippen LogP contribution in [0.25, 0.3) is 0 Å². The summed E-state index contributed by atoms with van der Waals surface area (Å²) < 4.78 is 5.38. The van der Waals surface area contributed by atoms with Crippen molar-refractivity contribution < 1.29 is 14.5 Å². The van der Waals surface area contributed by atoms with Crippen LogP contribution < -0.4 is 15.4 Å². The summed E-state index contributed by atoms with van der Waals surface area (Å²) >= 11 is 0. The number of nitrogens with zero attached hydrogens (tertiary/aromatic N) is 1. The molecule has 2 aromatic carbocycles. The standard InChI is InChI=1S/C17H19N3O4/c1-13-2-8-16(9-3-13)24-12-17(21)19-11-10-18-14-4-6-15(7-5-14)20(22)23/h2-9,18H,10-12H2,1H3,(H,19,21). The van der Waals surface area contributed by atoms with Gasteiger partial charge in [-0.05, 0) is 31.2 Å². The van der Waals surface area contributed by atoms with E-state index in [4.69, 9.17) is 4.74 Å². The molecule has 2 rings (SSSR count). The molecule has 126 valence electrons. The number of nitro groups is 1. The molecule has 0 aliphatic carbocycles. The minimum Gasteiger partial charge on any atom is -0.484 e. The van der Waals surface area contributed by atoms with Crippen LogP contribution in [-0.4, -0.2) is 30.5 Å². The van der Waals surface area contributed by atoms with Gasteiger partial charge in [-0.1, -0.05) is 17.7 Å². The summed E-state index contributed by atoms with van der Waals surface area (Å²) in [6.45, 7) is 2.87. The van der Waals surface area contributed by atoms with Crippen LogP contribution in [0.4, 0.5) is 11.4 Å².